The van der Waals surface area contributed by atoms with Crippen molar-refractivity contribution in [2.75, 3.05) is 26.7 Å². The van der Waals surface area contributed by atoms with Gasteiger partial charge in [-0.25, -0.2) is 0 Å². The molecule has 33 heavy (non-hydrogen) atoms. The fourth-order valence-corrected chi connectivity index (χ4v) is 3.05. The summed E-state index contributed by atoms with van der Waals surface area (Å²) < 4.78 is 11.2. The van der Waals surface area contributed by atoms with Gasteiger partial charge in [0, 0.05) is 32.0 Å². The SMILES string of the molecule is C[PH+](C)C.C[PH+](Oc1[c-]cccc1)Oc1[c-]cccc1.Cc1n[n-]c(-c2ccccn2)n1.[Ir+3]. The molecule has 0 spiro atoms. The Balaban J connectivity index is 0.000000284. The minimum atomic E-state index is -1.36. The van der Waals surface area contributed by atoms with Gasteiger partial charge in [-0.3, -0.25) is 10.1 Å². The van der Waals surface area contributed by atoms with Crippen LogP contribution >= 0.6 is 16.3 Å². The van der Waals surface area contributed by atoms with E-state index in [0.717, 1.165) is 17.2 Å². The molecule has 0 N–H and O–H groups in total. The van der Waals surface area contributed by atoms with E-state index in [1.807, 2.05) is 73.4 Å². The molecular formula is C24H29IrN4O2P2+2. The maximum absolute atomic E-state index is 5.62. The summed E-state index contributed by atoms with van der Waals surface area (Å²) >= 11 is 0. The summed E-state index contributed by atoms with van der Waals surface area (Å²) in [5.74, 6) is 2.70. The minimum absolute atomic E-state index is 0. The first-order valence-electron chi connectivity index (χ1n) is 10.1. The standard InChI is InChI=1S/C13H11O2P.C8H7N4.C3H9P.Ir/c1-16(14-12-8-4-2-5-9-12)15-13-10-6-3-7-11-13;1-6-10-8(12-11-6)7-4-2-3-5-9-7;1-4(2)3;/h2-8,10H,1H3;2-5H,1H3;1-3H3;/q-2;-1;;+3/p+2. The molecule has 0 fully saturated rings. The Morgan fingerprint density at radius 2 is 1.36 bits per heavy atom. The number of benzene rings is 2. The number of aryl methyl sites for hydroxylation is 1. The largest absolute Gasteiger partial charge is 3.00 e. The van der Waals surface area contributed by atoms with Crippen LogP contribution in [0, 0.1) is 19.1 Å². The van der Waals surface area contributed by atoms with Crippen LogP contribution in [0.5, 0.6) is 11.5 Å². The predicted molar refractivity (Wildman–Crippen MR) is 135 cm³/mol. The molecule has 2 aromatic heterocycles. The number of para-hydroxylation sites is 2. The molecule has 0 amide bonds. The van der Waals surface area contributed by atoms with Gasteiger partial charge in [0.2, 0.25) is 0 Å². The van der Waals surface area contributed by atoms with Gasteiger partial charge in [0.25, 0.3) is 0 Å². The van der Waals surface area contributed by atoms with Crippen molar-refractivity contribution < 1.29 is 29.2 Å². The van der Waals surface area contributed by atoms with Gasteiger partial charge in [-0.05, 0) is 32.8 Å². The fraction of sp³-hybridized carbons (Fsp3) is 0.208. The van der Waals surface area contributed by atoms with Crippen LogP contribution in [0.15, 0.2) is 72.9 Å². The van der Waals surface area contributed by atoms with E-state index in [1.165, 1.54) is 0 Å². The molecule has 0 radical (unpaired) electrons. The average Bonchev–Trinajstić information content (AvgIpc) is 3.22. The van der Waals surface area contributed by atoms with Crippen LogP contribution in [-0.2, 0) is 20.1 Å². The van der Waals surface area contributed by atoms with Crippen molar-refractivity contribution in [3.8, 4) is 23.0 Å². The van der Waals surface area contributed by atoms with Crippen LogP contribution in [0.2, 0.25) is 0 Å². The Morgan fingerprint density at radius 1 is 0.818 bits per heavy atom. The van der Waals surface area contributed by atoms with Gasteiger partial charge in [0.1, 0.15) is 6.66 Å². The molecule has 0 aliphatic heterocycles. The maximum atomic E-state index is 5.62. The van der Waals surface area contributed by atoms with Gasteiger partial charge >= 0.3 is 28.5 Å². The fourth-order valence-electron chi connectivity index (χ4n) is 2.13. The second kappa shape index (κ2) is 16.5. The molecule has 6 nitrogen and oxygen atoms in total. The second-order valence-electron chi connectivity index (χ2n) is 7.05. The molecule has 0 bridgehead atoms. The molecule has 4 rings (SSSR count). The Morgan fingerprint density at radius 3 is 1.76 bits per heavy atom. The third-order valence-corrected chi connectivity index (χ3v) is 4.33. The molecule has 9 heteroatoms. The molecule has 2 aromatic carbocycles. The quantitative estimate of drug-likeness (QED) is 0.214. The summed E-state index contributed by atoms with van der Waals surface area (Å²) in [6.07, 6.45) is 1.71. The van der Waals surface area contributed by atoms with E-state index in [1.54, 1.807) is 13.1 Å². The summed E-state index contributed by atoms with van der Waals surface area (Å²) in [5, 5.41) is 7.65. The van der Waals surface area contributed by atoms with Crippen LogP contribution in [0.4, 0.5) is 0 Å². The smallest absolute Gasteiger partial charge is 0.421 e. The van der Waals surface area contributed by atoms with Gasteiger partial charge in [0.05, 0.1) is 17.2 Å². The van der Waals surface area contributed by atoms with Crippen LogP contribution in [0.1, 0.15) is 5.82 Å². The van der Waals surface area contributed by atoms with Crippen molar-refractivity contribution >= 4 is 16.3 Å². The van der Waals surface area contributed by atoms with Gasteiger partial charge in [0.15, 0.2) is 0 Å². The Kier molecular flexibility index (Phi) is 14.4. The Labute approximate surface area is 212 Å². The van der Waals surface area contributed by atoms with Gasteiger partial charge < -0.3 is 19.1 Å². The molecule has 0 aliphatic rings. The molecule has 0 unspecified atom stereocenters. The van der Waals surface area contributed by atoms with E-state index in [2.05, 4.69) is 52.3 Å². The topological polar surface area (TPSA) is 71.2 Å². The Hall–Kier alpha value is -2.16. The van der Waals surface area contributed by atoms with E-state index in [-0.39, 0.29) is 28.0 Å². The molecule has 0 aliphatic carbocycles. The first-order chi connectivity index (χ1) is 15.4. The number of hydrogen-bond donors (Lipinski definition) is 0. The summed E-state index contributed by atoms with van der Waals surface area (Å²) in [7, 11) is -1.24. The number of nitrogens with zero attached hydrogens (tertiary/aromatic N) is 4. The van der Waals surface area contributed by atoms with E-state index < -0.39 is 8.38 Å². The zero-order valence-electron chi connectivity index (χ0n) is 19.4. The zero-order valence-corrected chi connectivity index (χ0v) is 23.8. The van der Waals surface area contributed by atoms with Gasteiger partial charge in [-0.15, -0.1) is 24.3 Å². The van der Waals surface area contributed by atoms with E-state index in [9.17, 15) is 0 Å². The number of aromatic nitrogens is 4. The van der Waals surface area contributed by atoms with Crippen molar-refractivity contribution in [3.05, 3.63) is 90.9 Å². The number of hydrogen-bond acceptors (Lipinski definition) is 5. The third-order valence-electron chi connectivity index (χ3n) is 3.32. The first kappa shape index (κ1) is 28.9. The van der Waals surface area contributed by atoms with Gasteiger partial charge in [-0.2, -0.15) is 36.4 Å². The molecule has 0 atom stereocenters. The van der Waals surface area contributed by atoms with Crippen molar-refractivity contribution in [2.24, 2.45) is 0 Å². The van der Waals surface area contributed by atoms with Crippen LogP contribution in [0.25, 0.3) is 11.5 Å². The maximum Gasteiger partial charge on any atom is 3.00 e. The van der Waals surface area contributed by atoms with Crippen molar-refractivity contribution in [2.45, 2.75) is 6.92 Å². The van der Waals surface area contributed by atoms with Crippen LogP contribution in [0.3, 0.4) is 0 Å². The van der Waals surface area contributed by atoms with Crippen LogP contribution in [-0.4, -0.2) is 41.7 Å². The summed E-state index contributed by atoms with van der Waals surface area (Å²) in [6, 6.07) is 26.6. The average molecular weight is 660 g/mol. The Bertz CT molecular complexity index is 962. The minimum Gasteiger partial charge on any atom is -0.421 e. The molecule has 174 valence electrons. The summed E-state index contributed by atoms with van der Waals surface area (Å²) in [4.78, 5) is 8.19. The van der Waals surface area contributed by atoms with Crippen LogP contribution < -0.4 is 14.1 Å². The number of pyridine rings is 1. The molecule has 2 heterocycles. The van der Waals surface area contributed by atoms with Crippen molar-refractivity contribution in [3.63, 3.8) is 0 Å². The van der Waals surface area contributed by atoms with E-state index in [0.29, 0.717) is 11.6 Å². The normalized spacial score (nSPS) is 9.67. The van der Waals surface area contributed by atoms with E-state index in [4.69, 9.17) is 9.05 Å². The summed E-state index contributed by atoms with van der Waals surface area (Å²) in [6.45, 7) is 10.5. The molecule has 0 saturated carbocycles. The van der Waals surface area contributed by atoms with Gasteiger partial charge in [-0.1, -0.05) is 6.07 Å². The molecular weight excluding hydrogens is 630 g/mol. The molecule has 4 aromatic rings. The third kappa shape index (κ3) is 12.6. The molecule has 0 saturated heterocycles. The van der Waals surface area contributed by atoms with Crippen molar-refractivity contribution in [1.29, 1.82) is 0 Å². The first-order valence-corrected chi connectivity index (χ1v) is 14.9. The van der Waals surface area contributed by atoms with Crippen molar-refractivity contribution in [1.82, 2.24) is 20.2 Å². The van der Waals surface area contributed by atoms with E-state index >= 15 is 0 Å². The monoisotopic (exact) mass is 660 g/mol. The zero-order chi connectivity index (χ0) is 23.2. The number of rotatable bonds is 5. The predicted octanol–water partition coefficient (Wildman–Crippen LogP) is 5.31. The second-order valence-corrected chi connectivity index (χ2v) is 11.4. The summed E-state index contributed by atoms with van der Waals surface area (Å²) in [5.41, 5.74) is 0.762.